The van der Waals surface area contributed by atoms with Crippen LogP contribution in [0, 0.1) is 11.3 Å². The van der Waals surface area contributed by atoms with Crippen LogP contribution in [0.2, 0.25) is 0 Å². The minimum Gasteiger partial charge on any atom is -0.393 e. The molecule has 2 nitrogen and oxygen atoms in total. The minimum absolute atomic E-state index is 0.0618. The molecule has 112 valence electrons. The van der Waals surface area contributed by atoms with Crippen molar-refractivity contribution in [1.29, 1.82) is 0 Å². The van der Waals surface area contributed by atoms with Gasteiger partial charge in [-0.05, 0) is 44.1 Å². The molecule has 0 spiro atoms. The lowest BCUT2D eigenvalue weighted by atomic mass is 9.77. The number of aliphatic hydroxyl groups is 1. The number of piperidine rings is 1. The van der Waals surface area contributed by atoms with Gasteiger partial charge in [-0.25, -0.2) is 0 Å². The lowest BCUT2D eigenvalue weighted by Crippen LogP contribution is -2.54. The summed E-state index contributed by atoms with van der Waals surface area (Å²) in [6.45, 7) is 5.66. The highest BCUT2D eigenvalue weighted by molar-refractivity contribution is 4.93. The molecule has 1 saturated heterocycles. The number of likely N-dealkylation sites (tertiary alicyclic amines) is 1. The first kappa shape index (κ1) is 15.1. The van der Waals surface area contributed by atoms with Crippen LogP contribution >= 0.6 is 0 Å². The second-order valence-corrected chi connectivity index (χ2v) is 6.92. The largest absolute Gasteiger partial charge is 0.393 e. The highest BCUT2D eigenvalue weighted by Gasteiger charge is 2.49. The molecule has 2 aliphatic rings. The maximum absolute atomic E-state index is 13.2. The molecule has 0 radical (unpaired) electrons. The van der Waals surface area contributed by atoms with Crippen molar-refractivity contribution in [2.75, 3.05) is 13.1 Å². The lowest BCUT2D eigenvalue weighted by Gasteiger charge is -2.47. The van der Waals surface area contributed by atoms with Crippen LogP contribution in [0.5, 0.6) is 0 Å². The Labute approximate surface area is 113 Å². The number of hydrogen-bond acceptors (Lipinski definition) is 2. The van der Waals surface area contributed by atoms with E-state index in [0.717, 1.165) is 19.4 Å². The van der Waals surface area contributed by atoms with Gasteiger partial charge in [-0.1, -0.05) is 13.8 Å². The van der Waals surface area contributed by atoms with Crippen LogP contribution in [0.4, 0.5) is 13.2 Å². The van der Waals surface area contributed by atoms with Crippen molar-refractivity contribution in [2.45, 2.75) is 64.3 Å². The van der Waals surface area contributed by atoms with Crippen LogP contribution in [0.25, 0.3) is 0 Å². The molecule has 0 aromatic heterocycles. The molecule has 3 unspecified atom stereocenters. The van der Waals surface area contributed by atoms with E-state index in [-0.39, 0.29) is 24.7 Å². The summed E-state index contributed by atoms with van der Waals surface area (Å²) in [4.78, 5) is 1.98. The minimum atomic E-state index is -4.15. The molecule has 1 heterocycles. The Hall–Kier alpha value is -0.290. The maximum Gasteiger partial charge on any atom is 0.393 e. The van der Waals surface area contributed by atoms with E-state index in [9.17, 15) is 18.3 Å². The molecule has 1 aliphatic heterocycles. The third-order valence-corrected chi connectivity index (χ3v) is 4.61. The van der Waals surface area contributed by atoms with Crippen molar-refractivity contribution in [3.63, 3.8) is 0 Å². The molecule has 1 N–H and O–H groups in total. The average Bonchev–Trinajstić information content (AvgIpc) is 2.25. The molecule has 2 fully saturated rings. The summed E-state index contributed by atoms with van der Waals surface area (Å²) in [5.41, 5.74) is 0.0802. The Morgan fingerprint density at radius 1 is 1.21 bits per heavy atom. The van der Waals surface area contributed by atoms with Crippen molar-refractivity contribution in [3.8, 4) is 0 Å². The summed E-state index contributed by atoms with van der Waals surface area (Å²) in [6.07, 6.45) is -2.11. The first-order valence-electron chi connectivity index (χ1n) is 7.18. The Bertz CT molecular complexity index is 316. The predicted octanol–water partition coefficient (Wildman–Crippen LogP) is 3.20. The number of aliphatic hydroxyl groups excluding tert-OH is 1. The normalized spacial score (nSPS) is 37.3. The fourth-order valence-corrected chi connectivity index (χ4v) is 3.66. The summed E-state index contributed by atoms with van der Waals surface area (Å²) in [5, 5.41) is 9.73. The molecule has 3 atom stereocenters. The van der Waals surface area contributed by atoms with Crippen LogP contribution in [0.1, 0.15) is 46.0 Å². The number of alkyl halides is 3. The quantitative estimate of drug-likeness (QED) is 0.797. The van der Waals surface area contributed by atoms with E-state index in [2.05, 4.69) is 13.8 Å². The van der Waals surface area contributed by atoms with Crippen LogP contribution < -0.4 is 0 Å². The molecule has 1 aliphatic carbocycles. The van der Waals surface area contributed by atoms with E-state index in [0.29, 0.717) is 6.54 Å². The number of nitrogens with zero attached hydrogens (tertiary/aromatic N) is 1. The highest BCUT2D eigenvalue weighted by atomic mass is 19.4. The first-order chi connectivity index (χ1) is 8.69. The lowest BCUT2D eigenvalue weighted by molar-refractivity contribution is -0.207. The van der Waals surface area contributed by atoms with Crippen LogP contribution in [0.15, 0.2) is 0 Å². The summed E-state index contributed by atoms with van der Waals surface area (Å²) >= 11 is 0. The predicted molar refractivity (Wildman–Crippen MR) is 67.8 cm³/mol. The van der Waals surface area contributed by atoms with E-state index < -0.39 is 24.2 Å². The van der Waals surface area contributed by atoms with Crippen LogP contribution in [-0.4, -0.2) is 41.4 Å². The summed E-state index contributed by atoms with van der Waals surface area (Å²) < 4.78 is 39.5. The van der Waals surface area contributed by atoms with E-state index in [1.54, 1.807) is 0 Å². The molecule has 5 heteroatoms. The molecular weight excluding hydrogens is 255 g/mol. The monoisotopic (exact) mass is 279 g/mol. The van der Waals surface area contributed by atoms with Crippen molar-refractivity contribution in [3.05, 3.63) is 0 Å². The molecule has 19 heavy (non-hydrogen) atoms. The summed E-state index contributed by atoms with van der Waals surface area (Å²) in [7, 11) is 0. The molecular formula is C14H24F3NO. The van der Waals surface area contributed by atoms with Crippen molar-refractivity contribution >= 4 is 0 Å². The molecule has 2 rings (SSSR count). The third kappa shape index (κ3) is 3.63. The van der Waals surface area contributed by atoms with E-state index >= 15 is 0 Å². The van der Waals surface area contributed by atoms with E-state index in [4.69, 9.17) is 0 Å². The van der Waals surface area contributed by atoms with Gasteiger partial charge in [0.05, 0.1) is 12.0 Å². The smallest absolute Gasteiger partial charge is 0.393 e. The van der Waals surface area contributed by atoms with Crippen molar-refractivity contribution in [2.24, 2.45) is 11.3 Å². The third-order valence-electron chi connectivity index (χ3n) is 4.61. The fourth-order valence-electron chi connectivity index (χ4n) is 3.66. The Balaban J connectivity index is 2.13. The zero-order chi connectivity index (χ0) is 14.3. The van der Waals surface area contributed by atoms with E-state index in [1.165, 1.54) is 0 Å². The van der Waals surface area contributed by atoms with Gasteiger partial charge in [0.15, 0.2) is 0 Å². The molecule has 1 saturated carbocycles. The number of hydrogen-bond donors (Lipinski definition) is 1. The van der Waals surface area contributed by atoms with Crippen molar-refractivity contribution < 1.29 is 18.3 Å². The van der Waals surface area contributed by atoms with Gasteiger partial charge in [0, 0.05) is 12.6 Å². The number of rotatable bonds is 1. The standard InChI is InChI=1S/C14H24F3NO/c1-13(2)6-3-7-18(9-13)12-8-10(19)4-5-11(12)14(15,16)17/h10-12,19H,3-9H2,1-2H3. The molecule has 0 aromatic rings. The van der Waals surface area contributed by atoms with Gasteiger partial charge in [-0.3, -0.25) is 4.90 Å². The topological polar surface area (TPSA) is 23.5 Å². The first-order valence-corrected chi connectivity index (χ1v) is 7.18. The summed E-state index contributed by atoms with van der Waals surface area (Å²) in [5.74, 6) is -1.27. The Kier molecular flexibility index (Phi) is 4.17. The average molecular weight is 279 g/mol. The van der Waals surface area contributed by atoms with E-state index in [1.807, 2.05) is 4.90 Å². The van der Waals surface area contributed by atoms with Gasteiger partial charge in [-0.15, -0.1) is 0 Å². The summed E-state index contributed by atoms with van der Waals surface area (Å²) in [6, 6.07) is -0.539. The Morgan fingerprint density at radius 2 is 1.89 bits per heavy atom. The highest BCUT2D eigenvalue weighted by Crippen LogP contribution is 2.42. The van der Waals surface area contributed by atoms with Gasteiger partial charge in [0.25, 0.3) is 0 Å². The molecule has 0 bridgehead atoms. The Morgan fingerprint density at radius 3 is 2.47 bits per heavy atom. The second-order valence-electron chi connectivity index (χ2n) is 6.92. The van der Waals surface area contributed by atoms with Gasteiger partial charge in [-0.2, -0.15) is 13.2 Å². The zero-order valence-corrected chi connectivity index (χ0v) is 11.7. The SMILES string of the molecule is CC1(C)CCCN(C2CC(O)CCC2C(F)(F)F)C1. The maximum atomic E-state index is 13.2. The van der Waals surface area contributed by atoms with Gasteiger partial charge >= 0.3 is 6.18 Å². The van der Waals surface area contributed by atoms with Gasteiger partial charge in [0.1, 0.15) is 0 Å². The zero-order valence-electron chi connectivity index (χ0n) is 11.7. The van der Waals surface area contributed by atoms with Crippen LogP contribution in [-0.2, 0) is 0 Å². The molecule has 0 aromatic carbocycles. The van der Waals surface area contributed by atoms with Crippen LogP contribution in [0.3, 0.4) is 0 Å². The second kappa shape index (κ2) is 5.24. The van der Waals surface area contributed by atoms with Gasteiger partial charge in [0.2, 0.25) is 0 Å². The fraction of sp³-hybridized carbons (Fsp3) is 1.00. The van der Waals surface area contributed by atoms with Gasteiger partial charge < -0.3 is 5.11 Å². The molecule has 0 amide bonds. The van der Waals surface area contributed by atoms with Crippen molar-refractivity contribution in [1.82, 2.24) is 4.90 Å². The number of halogens is 3.